The number of halogens is 3. The van der Waals surface area contributed by atoms with E-state index in [-0.39, 0.29) is 12.1 Å². The molecule has 0 aliphatic heterocycles. The number of hydrogen-bond donors (Lipinski definition) is 1. The van der Waals surface area contributed by atoms with Gasteiger partial charge < -0.3 is 5.32 Å². The molecule has 2 atom stereocenters. The molecule has 2 aromatic carbocycles. The van der Waals surface area contributed by atoms with Crippen LogP contribution in [0.3, 0.4) is 0 Å². The molecule has 0 radical (unpaired) electrons. The first-order chi connectivity index (χ1) is 9.47. The van der Waals surface area contributed by atoms with Crippen LogP contribution < -0.4 is 5.32 Å². The van der Waals surface area contributed by atoms with Crippen molar-refractivity contribution < 1.29 is 8.78 Å². The first-order valence-electron chi connectivity index (χ1n) is 6.44. The van der Waals surface area contributed by atoms with Crippen molar-refractivity contribution in [3.63, 3.8) is 0 Å². The van der Waals surface area contributed by atoms with Gasteiger partial charge in [-0.25, -0.2) is 8.78 Å². The van der Waals surface area contributed by atoms with Crippen LogP contribution in [0.2, 0.25) is 5.02 Å². The number of hydrogen-bond acceptors (Lipinski definition) is 1. The van der Waals surface area contributed by atoms with E-state index in [0.29, 0.717) is 10.6 Å². The van der Waals surface area contributed by atoms with Crippen LogP contribution in [-0.4, -0.2) is 0 Å². The van der Waals surface area contributed by atoms with Gasteiger partial charge >= 0.3 is 0 Å². The van der Waals surface area contributed by atoms with Crippen LogP contribution in [0.15, 0.2) is 42.5 Å². The van der Waals surface area contributed by atoms with Crippen LogP contribution in [-0.2, 0) is 0 Å². The molecule has 0 aromatic heterocycles. The third kappa shape index (κ3) is 3.56. The monoisotopic (exact) mass is 295 g/mol. The van der Waals surface area contributed by atoms with E-state index in [0.717, 1.165) is 11.6 Å². The third-order valence-corrected chi connectivity index (χ3v) is 3.51. The van der Waals surface area contributed by atoms with Gasteiger partial charge in [0, 0.05) is 28.7 Å². The Morgan fingerprint density at radius 2 is 1.75 bits per heavy atom. The Balaban J connectivity index is 2.12. The molecular formula is C16H16ClF2N. The fraction of sp³-hybridized carbons (Fsp3) is 0.250. The average molecular weight is 296 g/mol. The lowest BCUT2D eigenvalue weighted by Crippen LogP contribution is -2.23. The maximum Gasteiger partial charge on any atom is 0.130 e. The highest BCUT2D eigenvalue weighted by Gasteiger charge is 2.15. The third-order valence-electron chi connectivity index (χ3n) is 3.28. The molecule has 1 N–H and O–H groups in total. The second-order valence-electron chi connectivity index (χ2n) is 4.83. The molecule has 1 nitrogen and oxygen atoms in total. The molecule has 0 heterocycles. The van der Waals surface area contributed by atoms with Crippen LogP contribution in [0.1, 0.15) is 37.1 Å². The van der Waals surface area contributed by atoms with E-state index in [9.17, 15) is 8.78 Å². The molecule has 0 saturated heterocycles. The predicted molar refractivity (Wildman–Crippen MR) is 77.8 cm³/mol. The molecule has 0 spiro atoms. The standard InChI is InChI=1S/C16H16ClF2N/c1-10(12-4-3-5-13(17)8-12)20-11(2)15-7-6-14(18)9-16(15)19/h3-11,20H,1-2H3. The van der Waals surface area contributed by atoms with Gasteiger partial charge in [-0.2, -0.15) is 0 Å². The van der Waals surface area contributed by atoms with E-state index in [1.807, 2.05) is 32.0 Å². The molecule has 4 heteroatoms. The summed E-state index contributed by atoms with van der Waals surface area (Å²) in [5, 5.41) is 3.94. The Bertz CT molecular complexity index is 601. The molecular weight excluding hydrogens is 280 g/mol. The first-order valence-corrected chi connectivity index (χ1v) is 6.81. The maximum absolute atomic E-state index is 13.7. The van der Waals surface area contributed by atoms with Gasteiger partial charge in [0.05, 0.1) is 0 Å². The van der Waals surface area contributed by atoms with Gasteiger partial charge in [-0.3, -0.25) is 0 Å². The van der Waals surface area contributed by atoms with Crippen molar-refractivity contribution in [1.82, 2.24) is 5.32 Å². The normalized spacial score (nSPS) is 14.1. The number of benzene rings is 2. The number of rotatable bonds is 4. The average Bonchev–Trinajstić information content (AvgIpc) is 2.38. The van der Waals surface area contributed by atoms with Gasteiger partial charge in [-0.1, -0.05) is 29.8 Å². The van der Waals surface area contributed by atoms with E-state index >= 15 is 0 Å². The van der Waals surface area contributed by atoms with Gasteiger partial charge in [-0.15, -0.1) is 0 Å². The molecule has 0 aliphatic carbocycles. The van der Waals surface area contributed by atoms with Crippen molar-refractivity contribution in [2.45, 2.75) is 25.9 Å². The summed E-state index contributed by atoms with van der Waals surface area (Å²) in [6.07, 6.45) is 0. The first kappa shape index (κ1) is 14.9. The summed E-state index contributed by atoms with van der Waals surface area (Å²) >= 11 is 5.96. The minimum Gasteiger partial charge on any atom is -0.304 e. The van der Waals surface area contributed by atoms with Crippen LogP contribution in [0.4, 0.5) is 8.78 Å². The Hall–Kier alpha value is -1.45. The Labute approximate surface area is 122 Å². The second-order valence-corrected chi connectivity index (χ2v) is 5.27. The Morgan fingerprint density at radius 3 is 2.40 bits per heavy atom. The minimum absolute atomic E-state index is 0.00755. The van der Waals surface area contributed by atoms with Crippen molar-refractivity contribution in [2.24, 2.45) is 0 Å². The van der Waals surface area contributed by atoms with Crippen molar-refractivity contribution in [3.8, 4) is 0 Å². The Kier molecular flexibility index (Phi) is 4.73. The van der Waals surface area contributed by atoms with Gasteiger partial charge in [0.15, 0.2) is 0 Å². The van der Waals surface area contributed by atoms with Gasteiger partial charge in [-0.05, 0) is 37.6 Å². The summed E-state index contributed by atoms with van der Waals surface area (Å²) in [5.41, 5.74) is 1.46. The molecule has 2 rings (SSSR count). The molecule has 0 amide bonds. The highest BCUT2D eigenvalue weighted by molar-refractivity contribution is 6.30. The highest BCUT2D eigenvalue weighted by Crippen LogP contribution is 2.23. The zero-order valence-corrected chi connectivity index (χ0v) is 12.1. The van der Waals surface area contributed by atoms with Crippen LogP contribution >= 0.6 is 11.6 Å². The SMILES string of the molecule is CC(NC(C)c1ccc(F)cc1F)c1cccc(Cl)c1. The molecule has 0 fully saturated rings. The van der Waals surface area contributed by atoms with Gasteiger partial charge in [0.25, 0.3) is 0 Å². The van der Waals surface area contributed by atoms with E-state index in [1.165, 1.54) is 12.1 Å². The van der Waals surface area contributed by atoms with E-state index in [1.54, 1.807) is 6.07 Å². The van der Waals surface area contributed by atoms with Gasteiger partial charge in [0.1, 0.15) is 11.6 Å². The van der Waals surface area contributed by atoms with Crippen molar-refractivity contribution in [1.29, 1.82) is 0 Å². The van der Waals surface area contributed by atoms with Crippen molar-refractivity contribution in [2.75, 3.05) is 0 Å². The second kappa shape index (κ2) is 6.33. The summed E-state index contributed by atoms with van der Waals surface area (Å²) in [4.78, 5) is 0. The van der Waals surface area contributed by atoms with E-state index < -0.39 is 11.6 Å². The largest absolute Gasteiger partial charge is 0.304 e. The topological polar surface area (TPSA) is 12.0 Å². The molecule has 106 valence electrons. The molecule has 20 heavy (non-hydrogen) atoms. The van der Waals surface area contributed by atoms with Crippen LogP contribution in [0.5, 0.6) is 0 Å². The summed E-state index contributed by atoms with van der Waals surface area (Å²) in [6, 6.07) is 10.9. The molecule has 2 aromatic rings. The summed E-state index contributed by atoms with van der Waals surface area (Å²) in [6.45, 7) is 3.82. The van der Waals surface area contributed by atoms with Crippen molar-refractivity contribution >= 4 is 11.6 Å². The quantitative estimate of drug-likeness (QED) is 0.834. The van der Waals surface area contributed by atoms with Crippen LogP contribution in [0, 0.1) is 11.6 Å². The lowest BCUT2D eigenvalue weighted by Gasteiger charge is -2.21. The minimum atomic E-state index is -0.568. The molecule has 0 saturated carbocycles. The molecule has 0 aliphatic rings. The fourth-order valence-corrected chi connectivity index (χ4v) is 2.39. The summed E-state index contributed by atoms with van der Waals surface area (Å²) in [5.74, 6) is -1.11. The zero-order valence-electron chi connectivity index (χ0n) is 11.3. The Morgan fingerprint density at radius 1 is 1.00 bits per heavy atom. The summed E-state index contributed by atoms with van der Waals surface area (Å²) < 4.78 is 26.6. The summed E-state index contributed by atoms with van der Waals surface area (Å²) in [7, 11) is 0. The predicted octanol–water partition coefficient (Wildman–Crippen LogP) is 5.03. The smallest absolute Gasteiger partial charge is 0.130 e. The zero-order chi connectivity index (χ0) is 14.7. The molecule has 2 unspecified atom stereocenters. The maximum atomic E-state index is 13.7. The number of nitrogens with one attached hydrogen (secondary N) is 1. The highest BCUT2D eigenvalue weighted by atomic mass is 35.5. The van der Waals surface area contributed by atoms with Crippen LogP contribution in [0.25, 0.3) is 0 Å². The van der Waals surface area contributed by atoms with Crippen molar-refractivity contribution in [3.05, 3.63) is 70.2 Å². The van der Waals surface area contributed by atoms with E-state index in [4.69, 9.17) is 11.6 Å². The fourth-order valence-electron chi connectivity index (χ4n) is 2.19. The van der Waals surface area contributed by atoms with Gasteiger partial charge in [0.2, 0.25) is 0 Å². The molecule has 0 bridgehead atoms. The lowest BCUT2D eigenvalue weighted by atomic mass is 10.0. The lowest BCUT2D eigenvalue weighted by molar-refractivity contribution is 0.470. The van der Waals surface area contributed by atoms with E-state index in [2.05, 4.69) is 5.32 Å².